The van der Waals surface area contributed by atoms with Gasteiger partial charge in [-0.2, -0.15) is 0 Å². The molecule has 1 aliphatic rings. The summed E-state index contributed by atoms with van der Waals surface area (Å²) in [5.74, 6) is 0. The van der Waals surface area contributed by atoms with Crippen LogP contribution in [0, 0.1) is 5.41 Å². The van der Waals surface area contributed by atoms with Gasteiger partial charge in [0.15, 0.2) is 0 Å². The third-order valence-corrected chi connectivity index (χ3v) is 4.33. The van der Waals surface area contributed by atoms with E-state index in [1.807, 2.05) is 36.4 Å². The van der Waals surface area contributed by atoms with Crippen LogP contribution < -0.4 is 0 Å². The maximum absolute atomic E-state index is 10.8. The van der Waals surface area contributed by atoms with Crippen LogP contribution in [0.4, 0.5) is 0 Å². The zero-order chi connectivity index (χ0) is 14.8. The van der Waals surface area contributed by atoms with Crippen LogP contribution in [0.1, 0.15) is 26.3 Å². The van der Waals surface area contributed by atoms with E-state index in [0.717, 1.165) is 16.7 Å². The third-order valence-electron chi connectivity index (χ3n) is 3.54. The molecule has 0 spiro atoms. The topological polar surface area (TPSA) is 20.2 Å². The lowest BCUT2D eigenvalue weighted by Crippen LogP contribution is -2.23. The van der Waals surface area contributed by atoms with Crippen molar-refractivity contribution in [2.24, 2.45) is 5.41 Å². The summed E-state index contributed by atoms with van der Waals surface area (Å²) in [7, 11) is 0. The Morgan fingerprint density at radius 2 is 1.70 bits per heavy atom. The van der Waals surface area contributed by atoms with Crippen molar-refractivity contribution in [1.29, 1.82) is 0 Å². The number of aliphatic hydroxyl groups is 1. The molecule has 0 radical (unpaired) electrons. The van der Waals surface area contributed by atoms with Gasteiger partial charge in [0.05, 0.1) is 0 Å². The molecule has 1 N–H and O–H groups in total. The summed E-state index contributed by atoms with van der Waals surface area (Å²) in [4.78, 5) is 1.20. The van der Waals surface area contributed by atoms with E-state index in [2.05, 4.69) is 39.2 Å². The molecule has 0 aromatic heterocycles. The summed E-state index contributed by atoms with van der Waals surface area (Å²) in [5.41, 5.74) is 3.09. The summed E-state index contributed by atoms with van der Waals surface area (Å²) >= 11 is 1.71. The Labute approximate surface area is 126 Å². The monoisotopic (exact) mass is 286 g/mol. The maximum atomic E-state index is 10.8. The van der Waals surface area contributed by atoms with Crippen molar-refractivity contribution in [3.63, 3.8) is 0 Å². The number of rotatable bonds is 2. The summed E-state index contributed by atoms with van der Waals surface area (Å²) in [6.07, 6.45) is 9.59. The van der Waals surface area contributed by atoms with Crippen molar-refractivity contribution in [2.75, 3.05) is 6.26 Å². The summed E-state index contributed by atoms with van der Waals surface area (Å²) < 4.78 is 0. The van der Waals surface area contributed by atoms with Gasteiger partial charge in [-0.1, -0.05) is 63.3 Å². The van der Waals surface area contributed by atoms with Crippen molar-refractivity contribution < 1.29 is 5.11 Å². The first-order chi connectivity index (χ1) is 9.45. The predicted molar refractivity (Wildman–Crippen MR) is 88.9 cm³/mol. The van der Waals surface area contributed by atoms with Crippen molar-refractivity contribution in [3.05, 3.63) is 59.7 Å². The van der Waals surface area contributed by atoms with E-state index in [-0.39, 0.29) is 5.41 Å². The van der Waals surface area contributed by atoms with Gasteiger partial charge in [-0.3, -0.25) is 0 Å². The molecule has 0 saturated carbocycles. The molecule has 1 atom stereocenters. The first kappa shape index (κ1) is 15.1. The first-order valence-corrected chi connectivity index (χ1v) is 8.08. The molecule has 0 fully saturated rings. The molecular formula is C18H22OS. The van der Waals surface area contributed by atoms with Gasteiger partial charge in [0, 0.05) is 4.90 Å². The minimum absolute atomic E-state index is 0.0541. The minimum atomic E-state index is -0.557. The lowest BCUT2D eigenvalue weighted by atomic mass is 9.80. The molecule has 1 aromatic rings. The predicted octanol–water partition coefficient (Wildman–Crippen LogP) is 4.70. The van der Waals surface area contributed by atoms with E-state index in [9.17, 15) is 5.11 Å². The second kappa shape index (κ2) is 6.02. The number of thioether (sulfide) groups is 1. The standard InChI is InChI=1S/C18H22OS/c1-18(2,3)15-11-7-5-10-14(17(15)19)13-9-6-8-12-16(13)20-4/h5-12,17,19H,1-4H3. The number of hydrogen-bond acceptors (Lipinski definition) is 2. The molecular weight excluding hydrogens is 264 g/mol. The largest absolute Gasteiger partial charge is 0.384 e. The van der Waals surface area contributed by atoms with E-state index in [4.69, 9.17) is 0 Å². The average molecular weight is 286 g/mol. The Kier molecular flexibility index (Phi) is 4.56. The molecule has 106 valence electrons. The van der Waals surface area contributed by atoms with Crippen LogP contribution in [0.2, 0.25) is 0 Å². The second-order valence-electron chi connectivity index (χ2n) is 5.98. The molecule has 1 aliphatic carbocycles. The van der Waals surface area contributed by atoms with Crippen molar-refractivity contribution in [1.82, 2.24) is 0 Å². The lowest BCUT2D eigenvalue weighted by Gasteiger charge is -2.29. The van der Waals surface area contributed by atoms with Crippen LogP contribution in [0.25, 0.3) is 5.57 Å². The number of aliphatic hydroxyl groups excluding tert-OH is 1. The molecule has 20 heavy (non-hydrogen) atoms. The lowest BCUT2D eigenvalue weighted by molar-refractivity contribution is 0.237. The Bertz CT molecular complexity index is 573. The van der Waals surface area contributed by atoms with Gasteiger partial charge in [-0.25, -0.2) is 0 Å². The van der Waals surface area contributed by atoms with Crippen molar-refractivity contribution in [2.45, 2.75) is 31.8 Å². The van der Waals surface area contributed by atoms with Crippen LogP contribution in [0.3, 0.4) is 0 Å². The third kappa shape index (κ3) is 3.08. The normalized spacial score (nSPS) is 19.4. The zero-order valence-corrected chi connectivity index (χ0v) is 13.4. The van der Waals surface area contributed by atoms with Gasteiger partial charge in [-0.15, -0.1) is 11.8 Å². The highest BCUT2D eigenvalue weighted by molar-refractivity contribution is 7.98. The van der Waals surface area contributed by atoms with Crippen molar-refractivity contribution in [3.8, 4) is 0 Å². The molecule has 2 heteroatoms. The fourth-order valence-corrected chi connectivity index (χ4v) is 3.07. The molecule has 1 nitrogen and oxygen atoms in total. The van der Waals surface area contributed by atoms with Crippen LogP contribution in [0.15, 0.2) is 59.0 Å². The first-order valence-electron chi connectivity index (χ1n) is 6.85. The highest BCUT2D eigenvalue weighted by Crippen LogP contribution is 2.37. The smallest absolute Gasteiger partial charge is 0.101 e. The zero-order valence-electron chi connectivity index (χ0n) is 12.6. The minimum Gasteiger partial charge on any atom is -0.384 e. The van der Waals surface area contributed by atoms with Crippen LogP contribution in [-0.4, -0.2) is 17.5 Å². The maximum Gasteiger partial charge on any atom is 0.101 e. The van der Waals surface area contributed by atoms with Gasteiger partial charge in [0.25, 0.3) is 0 Å². The second-order valence-corrected chi connectivity index (χ2v) is 6.83. The number of allylic oxidation sites excluding steroid dienone is 4. The molecule has 0 aliphatic heterocycles. The molecule has 0 saturated heterocycles. The van der Waals surface area contributed by atoms with Gasteiger partial charge in [-0.05, 0) is 34.4 Å². The van der Waals surface area contributed by atoms with Gasteiger partial charge in [0.1, 0.15) is 6.10 Å². The summed E-state index contributed by atoms with van der Waals surface area (Å²) in [5, 5.41) is 10.8. The van der Waals surface area contributed by atoms with E-state index < -0.39 is 6.10 Å². The molecule has 1 aromatic carbocycles. The van der Waals surface area contributed by atoms with Crippen LogP contribution in [-0.2, 0) is 0 Å². The fourth-order valence-electron chi connectivity index (χ4n) is 2.45. The van der Waals surface area contributed by atoms with E-state index >= 15 is 0 Å². The van der Waals surface area contributed by atoms with E-state index in [1.54, 1.807) is 11.8 Å². The highest BCUT2D eigenvalue weighted by atomic mass is 32.2. The molecule has 0 heterocycles. The van der Waals surface area contributed by atoms with E-state index in [1.165, 1.54) is 4.90 Å². The van der Waals surface area contributed by atoms with Crippen LogP contribution in [0.5, 0.6) is 0 Å². The van der Waals surface area contributed by atoms with Gasteiger partial charge < -0.3 is 5.11 Å². The van der Waals surface area contributed by atoms with Gasteiger partial charge in [0.2, 0.25) is 0 Å². The van der Waals surface area contributed by atoms with Gasteiger partial charge >= 0.3 is 0 Å². The quantitative estimate of drug-likeness (QED) is 0.796. The van der Waals surface area contributed by atoms with Crippen LogP contribution >= 0.6 is 11.8 Å². The highest BCUT2D eigenvalue weighted by Gasteiger charge is 2.28. The van der Waals surface area contributed by atoms with E-state index in [0.29, 0.717) is 0 Å². The van der Waals surface area contributed by atoms with Crippen molar-refractivity contribution >= 4 is 17.3 Å². The Balaban J connectivity index is 2.50. The molecule has 0 bridgehead atoms. The Hall–Kier alpha value is -1.25. The summed E-state index contributed by atoms with van der Waals surface area (Å²) in [6.45, 7) is 6.41. The number of benzene rings is 1. The average Bonchev–Trinajstić information content (AvgIpc) is 2.60. The molecule has 1 unspecified atom stereocenters. The molecule has 2 rings (SSSR count). The Morgan fingerprint density at radius 1 is 1.05 bits per heavy atom. The fraction of sp³-hybridized carbons (Fsp3) is 0.333. The Morgan fingerprint density at radius 3 is 2.35 bits per heavy atom. The number of hydrogen-bond donors (Lipinski definition) is 1. The summed E-state index contributed by atoms with van der Waals surface area (Å²) in [6, 6.07) is 8.25. The SMILES string of the molecule is CSc1ccccc1C1=CC=CC=C(C(C)(C)C)C1O. The molecule has 0 amide bonds.